The topological polar surface area (TPSA) is 69.6 Å². The van der Waals surface area contributed by atoms with Crippen molar-refractivity contribution in [3.05, 3.63) is 23.8 Å². The highest BCUT2D eigenvalue weighted by Gasteiger charge is 2.53. The van der Waals surface area contributed by atoms with Gasteiger partial charge in [0, 0.05) is 12.7 Å². The van der Waals surface area contributed by atoms with Gasteiger partial charge in [-0.3, -0.25) is 9.59 Å². The average molecular weight is 260 g/mol. The van der Waals surface area contributed by atoms with E-state index in [9.17, 15) is 14.7 Å². The zero-order chi connectivity index (χ0) is 13.6. The minimum atomic E-state index is -0.709. The van der Waals surface area contributed by atoms with E-state index in [0.717, 1.165) is 11.3 Å². The highest BCUT2D eigenvalue weighted by atomic mass is 16.3. The molecule has 0 atom stereocenters. The van der Waals surface area contributed by atoms with Crippen LogP contribution in [0.3, 0.4) is 0 Å². The van der Waals surface area contributed by atoms with E-state index in [0.29, 0.717) is 18.5 Å². The van der Waals surface area contributed by atoms with E-state index in [4.69, 9.17) is 0 Å². The van der Waals surface area contributed by atoms with Gasteiger partial charge in [-0.15, -0.1) is 0 Å². The molecule has 100 valence electrons. The normalized spacial score (nSPS) is 19.3. The maximum atomic E-state index is 12.4. The van der Waals surface area contributed by atoms with Gasteiger partial charge in [-0.25, -0.2) is 4.90 Å². The molecule has 19 heavy (non-hydrogen) atoms. The van der Waals surface area contributed by atoms with Crippen LogP contribution in [0.2, 0.25) is 0 Å². The Bertz CT molecular complexity index is 564. The van der Waals surface area contributed by atoms with Gasteiger partial charge in [-0.1, -0.05) is 0 Å². The first-order valence-corrected chi connectivity index (χ1v) is 6.40. The third-order valence-corrected chi connectivity index (χ3v) is 4.01. The van der Waals surface area contributed by atoms with Crippen molar-refractivity contribution in [2.75, 3.05) is 23.9 Å². The van der Waals surface area contributed by atoms with Gasteiger partial charge < -0.3 is 10.4 Å². The number of benzene rings is 1. The van der Waals surface area contributed by atoms with Gasteiger partial charge in [-0.2, -0.15) is 0 Å². The average Bonchev–Trinajstić information content (AvgIpc) is 3.15. The molecule has 3 rings (SSSR count). The number of nitrogens with one attached hydrogen (secondary N) is 1. The zero-order valence-corrected chi connectivity index (χ0v) is 10.8. The number of amides is 2. The number of aliphatic hydroxyl groups excluding tert-OH is 1. The van der Waals surface area contributed by atoms with Crippen LogP contribution in [0.15, 0.2) is 18.2 Å². The highest BCUT2D eigenvalue weighted by Crippen LogP contribution is 2.48. The fourth-order valence-corrected chi connectivity index (χ4v) is 2.53. The summed E-state index contributed by atoms with van der Waals surface area (Å²) < 4.78 is 0. The molecule has 1 heterocycles. The molecule has 0 unspecified atom stereocenters. The molecule has 1 aliphatic carbocycles. The number of hydrogen-bond acceptors (Lipinski definition) is 4. The van der Waals surface area contributed by atoms with Gasteiger partial charge in [0.1, 0.15) is 0 Å². The second-order valence-corrected chi connectivity index (χ2v) is 5.24. The van der Waals surface area contributed by atoms with Crippen LogP contribution in [-0.4, -0.2) is 30.6 Å². The van der Waals surface area contributed by atoms with Crippen molar-refractivity contribution in [3.8, 4) is 0 Å². The Kier molecular flexibility index (Phi) is 2.60. The first-order valence-electron chi connectivity index (χ1n) is 6.40. The Labute approximate surface area is 111 Å². The summed E-state index contributed by atoms with van der Waals surface area (Å²) in [4.78, 5) is 25.7. The molecule has 0 saturated heterocycles. The third kappa shape index (κ3) is 1.73. The molecule has 1 aliphatic heterocycles. The number of carbonyl (C=O) groups excluding carboxylic acids is 2. The molecule has 2 N–H and O–H groups in total. The SMILES string of the molecule is CNc1ccc2c(c1)CC(=O)N2C(=O)C1(CO)CC1. The van der Waals surface area contributed by atoms with Crippen LogP contribution in [0.1, 0.15) is 18.4 Å². The number of carbonyl (C=O) groups is 2. The quantitative estimate of drug-likeness (QED) is 0.793. The Morgan fingerprint density at radius 1 is 1.47 bits per heavy atom. The van der Waals surface area contributed by atoms with Crippen molar-refractivity contribution in [2.45, 2.75) is 19.3 Å². The van der Waals surface area contributed by atoms with Crippen molar-refractivity contribution < 1.29 is 14.7 Å². The lowest BCUT2D eigenvalue weighted by atomic mass is 10.1. The first kappa shape index (κ1) is 12.2. The van der Waals surface area contributed by atoms with Gasteiger partial charge in [-0.05, 0) is 36.6 Å². The number of aliphatic hydroxyl groups is 1. The molecular formula is C14H16N2O3. The summed E-state index contributed by atoms with van der Waals surface area (Å²) in [5.41, 5.74) is 1.73. The number of fused-ring (bicyclic) bond motifs is 1. The van der Waals surface area contributed by atoms with E-state index in [2.05, 4.69) is 5.32 Å². The predicted molar refractivity (Wildman–Crippen MR) is 70.9 cm³/mol. The molecular weight excluding hydrogens is 244 g/mol. The van der Waals surface area contributed by atoms with Crippen LogP contribution in [0.5, 0.6) is 0 Å². The largest absolute Gasteiger partial charge is 0.395 e. The fraction of sp³-hybridized carbons (Fsp3) is 0.429. The molecule has 1 aromatic carbocycles. The number of hydrogen-bond donors (Lipinski definition) is 2. The van der Waals surface area contributed by atoms with Crippen LogP contribution in [-0.2, 0) is 16.0 Å². The molecule has 5 nitrogen and oxygen atoms in total. The van der Waals surface area contributed by atoms with Crippen molar-refractivity contribution in [1.82, 2.24) is 0 Å². The highest BCUT2D eigenvalue weighted by molar-refractivity contribution is 6.21. The van der Waals surface area contributed by atoms with Gasteiger partial charge in [0.15, 0.2) is 0 Å². The maximum Gasteiger partial charge on any atom is 0.242 e. The molecule has 2 amide bonds. The Morgan fingerprint density at radius 3 is 2.79 bits per heavy atom. The van der Waals surface area contributed by atoms with E-state index in [1.54, 1.807) is 6.07 Å². The summed E-state index contributed by atoms with van der Waals surface area (Å²) in [6.45, 7) is -0.181. The van der Waals surface area contributed by atoms with E-state index >= 15 is 0 Å². The molecule has 1 aromatic rings. The third-order valence-electron chi connectivity index (χ3n) is 4.01. The summed E-state index contributed by atoms with van der Waals surface area (Å²) in [5, 5.41) is 12.3. The number of anilines is 2. The van der Waals surface area contributed by atoms with Gasteiger partial charge >= 0.3 is 0 Å². The predicted octanol–water partition coefficient (Wildman–Crippen LogP) is 0.916. The zero-order valence-electron chi connectivity index (χ0n) is 10.8. The summed E-state index contributed by atoms with van der Waals surface area (Å²) in [6.07, 6.45) is 1.57. The Balaban J connectivity index is 1.97. The smallest absolute Gasteiger partial charge is 0.242 e. The first-order chi connectivity index (χ1) is 9.11. The Hall–Kier alpha value is -1.88. The number of imide groups is 1. The van der Waals surface area contributed by atoms with Crippen LogP contribution < -0.4 is 10.2 Å². The molecule has 2 aliphatic rings. The second kappa shape index (κ2) is 4.06. The molecule has 0 aromatic heterocycles. The molecule has 5 heteroatoms. The lowest BCUT2D eigenvalue weighted by Crippen LogP contribution is -2.41. The molecule has 0 spiro atoms. The van der Waals surface area contributed by atoms with Crippen molar-refractivity contribution >= 4 is 23.2 Å². The van der Waals surface area contributed by atoms with Crippen molar-refractivity contribution in [3.63, 3.8) is 0 Å². The van der Waals surface area contributed by atoms with Gasteiger partial charge in [0.2, 0.25) is 11.8 Å². The monoisotopic (exact) mass is 260 g/mol. The number of nitrogens with zero attached hydrogens (tertiary/aromatic N) is 1. The summed E-state index contributed by atoms with van der Waals surface area (Å²) in [7, 11) is 1.81. The van der Waals surface area contributed by atoms with Gasteiger partial charge in [0.05, 0.1) is 24.1 Å². The maximum absolute atomic E-state index is 12.4. The summed E-state index contributed by atoms with van der Waals surface area (Å²) in [5.74, 6) is -0.455. The van der Waals surface area contributed by atoms with E-state index < -0.39 is 5.41 Å². The number of rotatable bonds is 3. The van der Waals surface area contributed by atoms with Gasteiger partial charge in [0.25, 0.3) is 0 Å². The minimum absolute atomic E-state index is 0.181. The van der Waals surface area contributed by atoms with Crippen LogP contribution in [0.25, 0.3) is 0 Å². The molecule has 1 fully saturated rings. The van der Waals surface area contributed by atoms with E-state index in [1.165, 1.54) is 4.90 Å². The van der Waals surface area contributed by atoms with Crippen molar-refractivity contribution in [2.24, 2.45) is 5.41 Å². The van der Waals surface area contributed by atoms with Crippen LogP contribution in [0, 0.1) is 5.41 Å². The lowest BCUT2D eigenvalue weighted by molar-refractivity contribution is -0.129. The minimum Gasteiger partial charge on any atom is -0.395 e. The Morgan fingerprint density at radius 2 is 2.21 bits per heavy atom. The van der Waals surface area contributed by atoms with Crippen molar-refractivity contribution in [1.29, 1.82) is 0 Å². The standard InChI is InChI=1S/C14H16N2O3/c1-15-10-2-3-11-9(6-10)7-12(18)16(11)13(19)14(8-17)4-5-14/h2-3,6,15,17H,4-5,7-8H2,1H3. The summed E-state index contributed by atoms with van der Waals surface area (Å²) >= 11 is 0. The summed E-state index contributed by atoms with van der Waals surface area (Å²) in [6, 6.07) is 5.52. The molecule has 0 bridgehead atoms. The lowest BCUT2D eigenvalue weighted by Gasteiger charge is -2.20. The molecule has 0 radical (unpaired) electrons. The second-order valence-electron chi connectivity index (χ2n) is 5.24. The van der Waals surface area contributed by atoms with E-state index in [-0.39, 0.29) is 24.8 Å². The fourth-order valence-electron chi connectivity index (χ4n) is 2.53. The van der Waals surface area contributed by atoms with E-state index in [1.807, 2.05) is 19.2 Å². The van der Waals surface area contributed by atoms with Crippen LogP contribution in [0.4, 0.5) is 11.4 Å². The van der Waals surface area contributed by atoms with Crippen LogP contribution >= 0.6 is 0 Å². The molecule has 1 saturated carbocycles.